The number of anilines is 2. The first-order valence-corrected chi connectivity index (χ1v) is 7.52. The van der Waals surface area contributed by atoms with Gasteiger partial charge >= 0.3 is 0 Å². The van der Waals surface area contributed by atoms with E-state index in [1.54, 1.807) is 17.4 Å². The zero-order chi connectivity index (χ0) is 15.5. The summed E-state index contributed by atoms with van der Waals surface area (Å²) in [7, 11) is 0. The topological polar surface area (TPSA) is 55.1 Å². The van der Waals surface area contributed by atoms with Gasteiger partial charge in [-0.05, 0) is 53.4 Å². The van der Waals surface area contributed by atoms with E-state index in [4.69, 9.17) is 5.73 Å². The van der Waals surface area contributed by atoms with Crippen molar-refractivity contribution in [1.29, 1.82) is 0 Å². The Labute approximate surface area is 131 Å². The molecule has 0 radical (unpaired) electrons. The standard InChI is InChI=1S/C17H13FN2OS/c18-13-6-3-11(4-7-13)17(21)20-15-10-12(5-8-14(15)19)16-2-1-9-22-16/h1-10H,19H2,(H,20,21). The van der Waals surface area contributed by atoms with Crippen molar-refractivity contribution in [3.8, 4) is 10.4 Å². The van der Waals surface area contributed by atoms with Crippen molar-refractivity contribution >= 4 is 28.6 Å². The number of thiophene rings is 1. The second-order valence-electron chi connectivity index (χ2n) is 4.74. The predicted molar refractivity (Wildman–Crippen MR) is 88.5 cm³/mol. The number of benzene rings is 2. The van der Waals surface area contributed by atoms with Crippen molar-refractivity contribution in [3.63, 3.8) is 0 Å². The summed E-state index contributed by atoms with van der Waals surface area (Å²) in [6.45, 7) is 0. The third-order valence-electron chi connectivity index (χ3n) is 3.21. The van der Waals surface area contributed by atoms with Gasteiger partial charge in [0.2, 0.25) is 0 Å². The normalized spacial score (nSPS) is 10.4. The minimum absolute atomic E-state index is 0.324. The van der Waals surface area contributed by atoms with Crippen LogP contribution in [0.3, 0.4) is 0 Å². The van der Waals surface area contributed by atoms with Gasteiger partial charge < -0.3 is 11.1 Å². The molecule has 3 aromatic rings. The lowest BCUT2D eigenvalue weighted by molar-refractivity contribution is 0.102. The molecule has 1 aromatic heterocycles. The molecule has 5 heteroatoms. The third kappa shape index (κ3) is 2.99. The average Bonchev–Trinajstić information content (AvgIpc) is 3.04. The van der Waals surface area contributed by atoms with E-state index < -0.39 is 0 Å². The molecule has 2 aromatic carbocycles. The zero-order valence-electron chi connectivity index (χ0n) is 11.5. The molecule has 0 spiro atoms. The highest BCUT2D eigenvalue weighted by Crippen LogP contribution is 2.30. The van der Waals surface area contributed by atoms with Gasteiger partial charge in [0.05, 0.1) is 11.4 Å². The number of halogens is 1. The zero-order valence-corrected chi connectivity index (χ0v) is 12.4. The largest absolute Gasteiger partial charge is 0.397 e. The van der Waals surface area contributed by atoms with Crippen LogP contribution in [0.1, 0.15) is 10.4 Å². The number of amides is 1. The van der Waals surface area contributed by atoms with E-state index in [-0.39, 0.29) is 11.7 Å². The van der Waals surface area contributed by atoms with E-state index in [2.05, 4.69) is 5.32 Å². The molecule has 3 nitrogen and oxygen atoms in total. The number of nitrogens with one attached hydrogen (secondary N) is 1. The van der Waals surface area contributed by atoms with E-state index >= 15 is 0 Å². The Kier molecular flexibility index (Phi) is 3.89. The van der Waals surface area contributed by atoms with Gasteiger partial charge in [-0.2, -0.15) is 0 Å². The van der Waals surface area contributed by atoms with Crippen LogP contribution in [0, 0.1) is 5.82 Å². The molecule has 0 aliphatic heterocycles. The molecule has 3 N–H and O–H groups in total. The Hall–Kier alpha value is -2.66. The van der Waals surface area contributed by atoms with E-state index in [1.807, 2.05) is 29.6 Å². The van der Waals surface area contributed by atoms with Gasteiger partial charge in [0.1, 0.15) is 5.82 Å². The predicted octanol–water partition coefficient (Wildman–Crippen LogP) is 4.39. The Bertz CT molecular complexity index is 798. The van der Waals surface area contributed by atoms with Gasteiger partial charge in [0, 0.05) is 10.4 Å². The lowest BCUT2D eigenvalue weighted by atomic mass is 10.1. The van der Waals surface area contributed by atoms with Gasteiger partial charge in [-0.15, -0.1) is 11.3 Å². The highest BCUT2D eigenvalue weighted by molar-refractivity contribution is 7.13. The van der Waals surface area contributed by atoms with E-state index in [0.29, 0.717) is 16.9 Å². The molecule has 3 rings (SSSR count). The van der Waals surface area contributed by atoms with Crippen LogP contribution in [-0.2, 0) is 0 Å². The second-order valence-corrected chi connectivity index (χ2v) is 5.69. The van der Waals surface area contributed by atoms with E-state index in [1.165, 1.54) is 24.3 Å². The van der Waals surface area contributed by atoms with Crippen LogP contribution in [0.5, 0.6) is 0 Å². The van der Waals surface area contributed by atoms with Crippen molar-refractivity contribution in [3.05, 3.63) is 71.4 Å². The summed E-state index contributed by atoms with van der Waals surface area (Å²) < 4.78 is 12.9. The fourth-order valence-electron chi connectivity index (χ4n) is 2.06. The average molecular weight is 312 g/mol. The van der Waals surface area contributed by atoms with Crippen LogP contribution in [0.15, 0.2) is 60.0 Å². The van der Waals surface area contributed by atoms with Gasteiger partial charge in [0.15, 0.2) is 0 Å². The van der Waals surface area contributed by atoms with Gasteiger partial charge in [0.25, 0.3) is 5.91 Å². The number of carbonyl (C=O) groups excluding carboxylic acids is 1. The number of nitrogen functional groups attached to an aromatic ring is 1. The molecule has 110 valence electrons. The highest BCUT2D eigenvalue weighted by Gasteiger charge is 2.10. The van der Waals surface area contributed by atoms with Crippen molar-refractivity contribution in [2.75, 3.05) is 11.1 Å². The number of hydrogen-bond donors (Lipinski definition) is 2. The second kappa shape index (κ2) is 5.99. The SMILES string of the molecule is Nc1ccc(-c2cccs2)cc1NC(=O)c1ccc(F)cc1. The first-order valence-electron chi connectivity index (χ1n) is 6.64. The van der Waals surface area contributed by atoms with Crippen LogP contribution in [0.25, 0.3) is 10.4 Å². The molecule has 1 heterocycles. The summed E-state index contributed by atoms with van der Waals surface area (Å²) in [4.78, 5) is 13.3. The smallest absolute Gasteiger partial charge is 0.255 e. The Morgan fingerprint density at radius 1 is 1.09 bits per heavy atom. The van der Waals surface area contributed by atoms with Gasteiger partial charge in [-0.1, -0.05) is 12.1 Å². The molecule has 0 atom stereocenters. The van der Waals surface area contributed by atoms with Gasteiger partial charge in [-0.3, -0.25) is 4.79 Å². The van der Waals surface area contributed by atoms with Gasteiger partial charge in [-0.25, -0.2) is 4.39 Å². The molecular formula is C17H13FN2OS. The summed E-state index contributed by atoms with van der Waals surface area (Å²) in [5, 5.41) is 4.76. The number of nitrogens with two attached hydrogens (primary N) is 1. The van der Waals surface area contributed by atoms with E-state index in [0.717, 1.165) is 10.4 Å². The summed E-state index contributed by atoms with van der Waals surface area (Å²) in [5.74, 6) is -0.703. The molecular weight excluding hydrogens is 299 g/mol. The minimum atomic E-state index is -0.379. The first-order chi connectivity index (χ1) is 10.6. The lowest BCUT2D eigenvalue weighted by Gasteiger charge is -2.10. The van der Waals surface area contributed by atoms with Crippen molar-refractivity contribution in [2.45, 2.75) is 0 Å². The first kappa shape index (κ1) is 14.3. The Morgan fingerprint density at radius 3 is 2.55 bits per heavy atom. The molecule has 0 saturated carbocycles. The molecule has 22 heavy (non-hydrogen) atoms. The van der Waals surface area contributed by atoms with Crippen molar-refractivity contribution < 1.29 is 9.18 Å². The van der Waals surface area contributed by atoms with Crippen LogP contribution in [0.4, 0.5) is 15.8 Å². The number of hydrogen-bond acceptors (Lipinski definition) is 3. The summed E-state index contributed by atoms with van der Waals surface area (Å²) >= 11 is 1.61. The van der Waals surface area contributed by atoms with Crippen LogP contribution in [0.2, 0.25) is 0 Å². The molecule has 0 bridgehead atoms. The molecule has 0 saturated heterocycles. The minimum Gasteiger partial charge on any atom is -0.397 e. The van der Waals surface area contributed by atoms with Crippen LogP contribution in [-0.4, -0.2) is 5.91 Å². The molecule has 1 amide bonds. The van der Waals surface area contributed by atoms with Crippen LogP contribution >= 0.6 is 11.3 Å². The number of rotatable bonds is 3. The maximum atomic E-state index is 12.9. The fourth-order valence-corrected chi connectivity index (χ4v) is 2.78. The third-order valence-corrected chi connectivity index (χ3v) is 4.13. The summed E-state index contributed by atoms with van der Waals surface area (Å²) in [6, 6.07) is 14.8. The fraction of sp³-hybridized carbons (Fsp3) is 0. The quantitative estimate of drug-likeness (QED) is 0.705. The highest BCUT2D eigenvalue weighted by atomic mass is 32.1. The summed E-state index contributed by atoms with van der Waals surface area (Å²) in [6.07, 6.45) is 0. The monoisotopic (exact) mass is 312 g/mol. The molecule has 0 aliphatic carbocycles. The molecule has 0 fully saturated rings. The van der Waals surface area contributed by atoms with Crippen LogP contribution < -0.4 is 11.1 Å². The van der Waals surface area contributed by atoms with Crippen molar-refractivity contribution in [2.24, 2.45) is 0 Å². The number of carbonyl (C=O) groups is 1. The maximum Gasteiger partial charge on any atom is 0.255 e. The molecule has 0 unspecified atom stereocenters. The maximum absolute atomic E-state index is 12.9. The van der Waals surface area contributed by atoms with Crippen molar-refractivity contribution in [1.82, 2.24) is 0 Å². The lowest BCUT2D eigenvalue weighted by Crippen LogP contribution is -2.13. The molecule has 0 aliphatic rings. The Morgan fingerprint density at radius 2 is 1.86 bits per heavy atom. The van der Waals surface area contributed by atoms with E-state index in [9.17, 15) is 9.18 Å². The summed E-state index contributed by atoms with van der Waals surface area (Å²) in [5.41, 5.74) is 8.31. The Balaban J connectivity index is 1.87.